The highest BCUT2D eigenvalue weighted by atomic mass is 32.2. The van der Waals surface area contributed by atoms with E-state index in [9.17, 15) is 23.3 Å². The maximum absolute atomic E-state index is 11.4. The van der Waals surface area contributed by atoms with Crippen molar-refractivity contribution in [1.29, 1.82) is 0 Å². The van der Waals surface area contributed by atoms with E-state index in [1.165, 1.54) is 12.1 Å². The van der Waals surface area contributed by atoms with Gasteiger partial charge in [-0.1, -0.05) is 0 Å². The van der Waals surface area contributed by atoms with Gasteiger partial charge in [-0.15, -0.1) is 10.1 Å². The molecule has 0 fully saturated rings. The van der Waals surface area contributed by atoms with Crippen LogP contribution in [0.2, 0.25) is 0 Å². The highest BCUT2D eigenvalue weighted by molar-refractivity contribution is 7.89. The molecule has 2 N–H and O–H groups in total. The summed E-state index contributed by atoms with van der Waals surface area (Å²) in [5.74, 6) is -0.757. The molecule has 9 nitrogen and oxygen atoms in total. The van der Waals surface area contributed by atoms with E-state index in [2.05, 4.69) is 9.57 Å². The minimum atomic E-state index is -3.82. The molecular formula is C9H10N2O7S. The fourth-order valence-corrected chi connectivity index (χ4v) is 1.63. The number of nitrogens with zero attached hydrogens (tertiary/aromatic N) is 1. The van der Waals surface area contributed by atoms with E-state index in [1.54, 1.807) is 0 Å². The van der Waals surface area contributed by atoms with Crippen molar-refractivity contribution in [2.24, 2.45) is 5.14 Å². The Morgan fingerprint density at radius 2 is 1.84 bits per heavy atom. The van der Waals surface area contributed by atoms with Crippen LogP contribution in [-0.2, 0) is 19.6 Å². The highest BCUT2D eigenvalue weighted by Gasteiger charge is 2.11. The average Bonchev–Trinajstić information content (AvgIpc) is 2.33. The summed E-state index contributed by atoms with van der Waals surface area (Å²) in [4.78, 5) is 25.0. The summed E-state index contributed by atoms with van der Waals surface area (Å²) in [5, 5.41) is 13.7. The molecule has 0 radical (unpaired) electrons. The van der Waals surface area contributed by atoms with Crippen LogP contribution < -0.4 is 5.14 Å². The van der Waals surface area contributed by atoms with Crippen LogP contribution in [-0.4, -0.2) is 32.7 Å². The molecule has 1 aromatic rings. The van der Waals surface area contributed by atoms with Crippen LogP contribution in [0.4, 0.5) is 0 Å². The highest BCUT2D eigenvalue weighted by Crippen LogP contribution is 2.09. The number of sulfonamides is 1. The number of primary sulfonamides is 1. The summed E-state index contributed by atoms with van der Waals surface area (Å²) in [6, 6.07) is 4.74. The molecule has 1 aromatic carbocycles. The Kier molecular flexibility index (Phi) is 4.78. The van der Waals surface area contributed by atoms with E-state index in [0.717, 1.165) is 12.1 Å². The lowest BCUT2D eigenvalue weighted by Crippen LogP contribution is -2.14. The molecule has 0 aliphatic carbocycles. The van der Waals surface area contributed by atoms with Crippen molar-refractivity contribution in [1.82, 2.24) is 0 Å². The van der Waals surface area contributed by atoms with Crippen molar-refractivity contribution in [3.63, 3.8) is 0 Å². The third-order valence-electron chi connectivity index (χ3n) is 1.93. The van der Waals surface area contributed by atoms with Crippen molar-refractivity contribution in [2.45, 2.75) is 4.90 Å². The quantitative estimate of drug-likeness (QED) is 0.328. The monoisotopic (exact) mass is 290 g/mol. The Morgan fingerprint density at radius 1 is 1.26 bits per heavy atom. The van der Waals surface area contributed by atoms with E-state index in [4.69, 9.17) is 5.14 Å². The number of ether oxygens (including phenoxy) is 1. The Balaban J connectivity index is 2.56. The first-order valence-corrected chi connectivity index (χ1v) is 6.42. The van der Waals surface area contributed by atoms with Gasteiger partial charge in [-0.2, -0.15) is 0 Å². The smallest absolute Gasteiger partial charge is 0.338 e. The van der Waals surface area contributed by atoms with E-state index < -0.39 is 21.1 Å². The molecule has 0 aromatic heterocycles. The molecule has 0 spiro atoms. The second-order valence-electron chi connectivity index (χ2n) is 3.26. The van der Waals surface area contributed by atoms with Gasteiger partial charge in [0.25, 0.3) is 5.09 Å². The van der Waals surface area contributed by atoms with E-state index in [1.807, 2.05) is 0 Å². The molecule has 0 bridgehead atoms. The zero-order chi connectivity index (χ0) is 14.5. The normalized spacial score (nSPS) is 10.8. The van der Waals surface area contributed by atoms with Gasteiger partial charge in [0.05, 0.1) is 10.5 Å². The standard InChI is InChI=1S/C9H10N2O7S/c10-19(15,16)8-3-1-7(2-4-8)9(12)17-5-6-18-11(13)14/h1-4H,5-6H2,(H2,10,15,16). The predicted molar refractivity (Wildman–Crippen MR) is 61.0 cm³/mol. The Labute approximate surface area is 108 Å². The zero-order valence-corrected chi connectivity index (χ0v) is 10.3. The van der Waals surface area contributed by atoms with Gasteiger partial charge in [-0.05, 0) is 24.3 Å². The second kappa shape index (κ2) is 6.11. The van der Waals surface area contributed by atoms with E-state index >= 15 is 0 Å². The van der Waals surface area contributed by atoms with Crippen LogP contribution in [0.5, 0.6) is 0 Å². The Bertz CT molecular complexity index is 567. The summed E-state index contributed by atoms with van der Waals surface area (Å²) in [6.07, 6.45) is 0. The molecule has 104 valence electrons. The summed E-state index contributed by atoms with van der Waals surface area (Å²) in [6.45, 7) is -0.676. The van der Waals surface area contributed by atoms with Crippen molar-refractivity contribution in [2.75, 3.05) is 13.2 Å². The van der Waals surface area contributed by atoms with Crippen LogP contribution >= 0.6 is 0 Å². The molecule has 0 atom stereocenters. The number of carbonyl (C=O) groups is 1. The minimum Gasteiger partial charge on any atom is -0.460 e. The third kappa shape index (κ3) is 4.89. The van der Waals surface area contributed by atoms with Gasteiger partial charge in [0.15, 0.2) is 0 Å². The molecule has 19 heavy (non-hydrogen) atoms. The van der Waals surface area contributed by atoms with Crippen LogP contribution in [0, 0.1) is 10.1 Å². The minimum absolute atomic E-state index is 0.0912. The largest absolute Gasteiger partial charge is 0.460 e. The van der Waals surface area contributed by atoms with Gasteiger partial charge in [0, 0.05) is 0 Å². The first kappa shape index (κ1) is 14.9. The molecule has 0 aliphatic rings. The van der Waals surface area contributed by atoms with Crippen molar-refractivity contribution < 1.29 is 27.9 Å². The number of carbonyl (C=O) groups excluding carboxylic acids is 1. The molecular weight excluding hydrogens is 280 g/mol. The Hall–Kier alpha value is -2.20. The topological polar surface area (TPSA) is 139 Å². The average molecular weight is 290 g/mol. The SMILES string of the molecule is NS(=O)(=O)c1ccc(C(=O)OCCO[N+](=O)[O-])cc1. The molecule has 10 heteroatoms. The molecule has 0 saturated carbocycles. The summed E-state index contributed by atoms with van der Waals surface area (Å²) >= 11 is 0. The molecule has 0 amide bonds. The van der Waals surface area contributed by atoms with Crippen LogP contribution in [0.15, 0.2) is 29.2 Å². The molecule has 0 unspecified atom stereocenters. The van der Waals surface area contributed by atoms with Gasteiger partial charge in [-0.25, -0.2) is 18.4 Å². The fraction of sp³-hybridized carbons (Fsp3) is 0.222. The number of hydrogen-bond acceptors (Lipinski definition) is 7. The number of hydrogen-bond donors (Lipinski definition) is 1. The van der Waals surface area contributed by atoms with Crippen molar-refractivity contribution >= 4 is 16.0 Å². The van der Waals surface area contributed by atoms with Gasteiger partial charge in [-0.3, -0.25) is 0 Å². The summed E-state index contributed by atoms with van der Waals surface area (Å²) in [5.41, 5.74) is 0.0912. The third-order valence-corrected chi connectivity index (χ3v) is 2.86. The summed E-state index contributed by atoms with van der Waals surface area (Å²) < 4.78 is 26.6. The van der Waals surface area contributed by atoms with Gasteiger partial charge in [0.2, 0.25) is 10.0 Å². The second-order valence-corrected chi connectivity index (χ2v) is 4.82. The van der Waals surface area contributed by atoms with E-state index in [-0.39, 0.29) is 23.7 Å². The van der Waals surface area contributed by atoms with Gasteiger partial charge >= 0.3 is 5.97 Å². The van der Waals surface area contributed by atoms with E-state index in [0.29, 0.717) is 0 Å². The van der Waals surface area contributed by atoms with Gasteiger partial charge in [0.1, 0.15) is 13.2 Å². The predicted octanol–water partition coefficient (Wildman–Crippen LogP) is -0.301. The molecule has 0 aliphatic heterocycles. The van der Waals surface area contributed by atoms with Gasteiger partial charge < -0.3 is 9.57 Å². The lowest BCUT2D eigenvalue weighted by molar-refractivity contribution is -0.757. The number of esters is 1. The molecule has 0 heterocycles. The number of benzene rings is 1. The Morgan fingerprint density at radius 3 is 2.32 bits per heavy atom. The summed E-state index contributed by atoms with van der Waals surface area (Å²) in [7, 11) is -3.82. The van der Waals surface area contributed by atoms with Crippen LogP contribution in [0.25, 0.3) is 0 Å². The van der Waals surface area contributed by atoms with Crippen LogP contribution in [0.3, 0.4) is 0 Å². The van der Waals surface area contributed by atoms with Crippen molar-refractivity contribution in [3.8, 4) is 0 Å². The lowest BCUT2D eigenvalue weighted by atomic mass is 10.2. The van der Waals surface area contributed by atoms with Crippen molar-refractivity contribution in [3.05, 3.63) is 39.9 Å². The maximum atomic E-state index is 11.4. The maximum Gasteiger partial charge on any atom is 0.338 e. The molecule has 1 rings (SSSR count). The first-order chi connectivity index (χ1) is 8.80. The fourth-order valence-electron chi connectivity index (χ4n) is 1.11. The zero-order valence-electron chi connectivity index (χ0n) is 9.51. The van der Waals surface area contributed by atoms with Crippen LogP contribution in [0.1, 0.15) is 10.4 Å². The number of rotatable bonds is 6. The first-order valence-electron chi connectivity index (χ1n) is 4.88. The lowest BCUT2D eigenvalue weighted by Gasteiger charge is -2.04. The molecule has 0 saturated heterocycles. The number of nitrogens with two attached hydrogens (primary N) is 1.